The molecule has 0 bridgehead atoms. The van der Waals surface area contributed by atoms with Crippen molar-refractivity contribution in [1.29, 1.82) is 0 Å². The Morgan fingerprint density at radius 1 is 1.03 bits per heavy atom. The van der Waals surface area contributed by atoms with Crippen LogP contribution >= 0.6 is 0 Å². The molecule has 0 saturated carbocycles. The SMILES string of the molecule is CCCCNC(=O)CN1CCN(C(=O)CCc2ccc(-c3ccccc3)o2)CC1. The molecule has 1 saturated heterocycles. The van der Waals surface area contributed by atoms with Gasteiger partial charge in [-0.1, -0.05) is 43.7 Å². The highest BCUT2D eigenvalue weighted by Crippen LogP contribution is 2.22. The van der Waals surface area contributed by atoms with Crippen LogP contribution in [0.25, 0.3) is 11.3 Å². The van der Waals surface area contributed by atoms with Gasteiger partial charge in [0.15, 0.2) is 0 Å². The summed E-state index contributed by atoms with van der Waals surface area (Å²) in [5, 5.41) is 2.95. The Kier molecular flexibility index (Phi) is 7.87. The summed E-state index contributed by atoms with van der Waals surface area (Å²) in [5.41, 5.74) is 1.04. The quantitative estimate of drug-likeness (QED) is 0.661. The molecule has 2 heterocycles. The molecule has 0 aliphatic carbocycles. The third-order valence-corrected chi connectivity index (χ3v) is 5.25. The number of hydrogen-bond donors (Lipinski definition) is 1. The molecule has 6 heteroatoms. The van der Waals surface area contributed by atoms with E-state index in [0.29, 0.717) is 32.5 Å². The van der Waals surface area contributed by atoms with Crippen LogP contribution in [0, 0.1) is 0 Å². The average Bonchev–Trinajstić information content (AvgIpc) is 3.22. The van der Waals surface area contributed by atoms with Crippen LogP contribution in [0.15, 0.2) is 46.9 Å². The number of aryl methyl sites for hydroxylation is 1. The molecule has 3 rings (SSSR count). The molecular weight excluding hydrogens is 366 g/mol. The van der Waals surface area contributed by atoms with Crippen LogP contribution in [0.3, 0.4) is 0 Å². The van der Waals surface area contributed by atoms with Crippen LogP contribution < -0.4 is 5.32 Å². The Hall–Kier alpha value is -2.60. The predicted octanol–water partition coefficient (Wildman–Crippen LogP) is 2.94. The molecule has 156 valence electrons. The van der Waals surface area contributed by atoms with E-state index in [1.165, 1.54) is 0 Å². The number of nitrogens with one attached hydrogen (secondary N) is 1. The summed E-state index contributed by atoms with van der Waals surface area (Å²) in [5.74, 6) is 1.89. The first kappa shape index (κ1) is 21.1. The Morgan fingerprint density at radius 3 is 2.52 bits per heavy atom. The molecule has 0 spiro atoms. The molecule has 2 amide bonds. The molecular formula is C23H31N3O3. The second kappa shape index (κ2) is 10.8. The summed E-state index contributed by atoms with van der Waals surface area (Å²) in [4.78, 5) is 28.5. The van der Waals surface area contributed by atoms with Crippen LogP contribution in [0.5, 0.6) is 0 Å². The largest absolute Gasteiger partial charge is 0.461 e. The first-order chi connectivity index (χ1) is 14.2. The lowest BCUT2D eigenvalue weighted by molar-refractivity contribution is -0.133. The van der Waals surface area contributed by atoms with Crippen LogP contribution in [0.2, 0.25) is 0 Å². The fourth-order valence-electron chi connectivity index (χ4n) is 3.48. The lowest BCUT2D eigenvalue weighted by atomic mass is 10.2. The van der Waals surface area contributed by atoms with Gasteiger partial charge in [-0.25, -0.2) is 0 Å². The van der Waals surface area contributed by atoms with Gasteiger partial charge in [0.25, 0.3) is 0 Å². The summed E-state index contributed by atoms with van der Waals surface area (Å²) in [6.07, 6.45) is 3.13. The van der Waals surface area contributed by atoms with Crippen LogP contribution in [-0.2, 0) is 16.0 Å². The van der Waals surface area contributed by atoms with Gasteiger partial charge >= 0.3 is 0 Å². The van der Waals surface area contributed by atoms with Gasteiger partial charge in [0.1, 0.15) is 11.5 Å². The van der Waals surface area contributed by atoms with Crippen molar-refractivity contribution in [2.75, 3.05) is 39.3 Å². The minimum absolute atomic E-state index is 0.0743. The number of piperazine rings is 1. The summed E-state index contributed by atoms with van der Waals surface area (Å²) in [7, 11) is 0. The van der Waals surface area contributed by atoms with E-state index in [0.717, 1.165) is 49.6 Å². The molecule has 1 aliphatic heterocycles. The summed E-state index contributed by atoms with van der Waals surface area (Å²) < 4.78 is 5.89. The number of carbonyl (C=O) groups is 2. The lowest BCUT2D eigenvalue weighted by Gasteiger charge is -2.34. The number of amides is 2. The Morgan fingerprint density at radius 2 is 1.79 bits per heavy atom. The van der Waals surface area contributed by atoms with Crippen LogP contribution in [0.1, 0.15) is 31.9 Å². The lowest BCUT2D eigenvalue weighted by Crippen LogP contribution is -2.51. The zero-order chi connectivity index (χ0) is 20.5. The maximum atomic E-state index is 12.5. The number of carbonyl (C=O) groups excluding carboxylic acids is 2. The summed E-state index contributed by atoms with van der Waals surface area (Å²) in [6, 6.07) is 13.9. The van der Waals surface area contributed by atoms with E-state index in [2.05, 4.69) is 17.1 Å². The van der Waals surface area contributed by atoms with Crippen molar-refractivity contribution in [3.8, 4) is 11.3 Å². The predicted molar refractivity (Wildman–Crippen MR) is 113 cm³/mol. The molecule has 0 unspecified atom stereocenters. The molecule has 1 aliphatic rings. The Bertz CT molecular complexity index is 780. The van der Waals surface area contributed by atoms with Crippen molar-refractivity contribution in [3.63, 3.8) is 0 Å². The van der Waals surface area contributed by atoms with E-state index in [1.54, 1.807) is 0 Å². The number of benzene rings is 1. The molecule has 6 nitrogen and oxygen atoms in total. The molecule has 0 radical (unpaired) electrons. The first-order valence-corrected chi connectivity index (χ1v) is 10.6. The van der Waals surface area contributed by atoms with Gasteiger partial charge in [0.2, 0.25) is 11.8 Å². The van der Waals surface area contributed by atoms with Gasteiger partial charge in [0.05, 0.1) is 6.54 Å². The molecule has 1 fully saturated rings. The fourth-order valence-corrected chi connectivity index (χ4v) is 3.48. The highest BCUT2D eigenvalue weighted by Gasteiger charge is 2.22. The van der Waals surface area contributed by atoms with Gasteiger partial charge in [-0.15, -0.1) is 0 Å². The third kappa shape index (κ3) is 6.46. The minimum Gasteiger partial charge on any atom is -0.461 e. The number of hydrogen-bond acceptors (Lipinski definition) is 4. The van der Waals surface area contributed by atoms with Gasteiger partial charge < -0.3 is 14.6 Å². The van der Waals surface area contributed by atoms with Crippen LogP contribution in [-0.4, -0.2) is 60.9 Å². The summed E-state index contributed by atoms with van der Waals surface area (Å²) in [6.45, 7) is 6.10. The highest BCUT2D eigenvalue weighted by molar-refractivity contribution is 5.78. The minimum atomic E-state index is 0.0743. The average molecular weight is 398 g/mol. The first-order valence-electron chi connectivity index (χ1n) is 10.6. The Labute approximate surface area is 172 Å². The van der Waals surface area contributed by atoms with Crippen molar-refractivity contribution in [3.05, 3.63) is 48.2 Å². The smallest absolute Gasteiger partial charge is 0.234 e. The number of rotatable bonds is 9. The second-order valence-corrected chi connectivity index (χ2v) is 7.49. The molecule has 1 N–H and O–H groups in total. The number of nitrogens with zero attached hydrogens (tertiary/aromatic N) is 2. The van der Waals surface area contributed by atoms with E-state index in [9.17, 15) is 9.59 Å². The van der Waals surface area contributed by atoms with Crippen LogP contribution in [0.4, 0.5) is 0 Å². The van der Waals surface area contributed by atoms with E-state index in [4.69, 9.17) is 4.42 Å². The van der Waals surface area contributed by atoms with Crippen molar-refractivity contribution in [1.82, 2.24) is 15.1 Å². The van der Waals surface area contributed by atoms with Gasteiger partial charge in [-0.05, 0) is 18.6 Å². The fraction of sp³-hybridized carbons (Fsp3) is 0.478. The van der Waals surface area contributed by atoms with Crippen molar-refractivity contribution >= 4 is 11.8 Å². The maximum Gasteiger partial charge on any atom is 0.234 e. The van der Waals surface area contributed by atoms with Crippen molar-refractivity contribution < 1.29 is 14.0 Å². The molecule has 2 aromatic rings. The van der Waals surface area contributed by atoms with Gasteiger partial charge in [-0.3, -0.25) is 14.5 Å². The van der Waals surface area contributed by atoms with Crippen molar-refractivity contribution in [2.45, 2.75) is 32.6 Å². The number of furan rings is 1. The standard InChI is InChI=1S/C23H31N3O3/c1-2-3-13-24-22(27)18-25-14-16-26(17-15-25)23(28)12-10-20-9-11-21(29-20)19-7-5-4-6-8-19/h4-9,11H,2-3,10,12-18H2,1H3,(H,24,27). The number of unbranched alkanes of at least 4 members (excludes halogenated alkanes) is 1. The van der Waals surface area contributed by atoms with Gasteiger partial charge in [-0.2, -0.15) is 0 Å². The zero-order valence-corrected chi connectivity index (χ0v) is 17.2. The zero-order valence-electron chi connectivity index (χ0n) is 17.2. The topological polar surface area (TPSA) is 65.8 Å². The normalized spacial score (nSPS) is 14.7. The summed E-state index contributed by atoms with van der Waals surface area (Å²) >= 11 is 0. The van der Waals surface area contributed by atoms with Crippen molar-refractivity contribution in [2.24, 2.45) is 0 Å². The molecule has 0 atom stereocenters. The second-order valence-electron chi connectivity index (χ2n) is 7.49. The highest BCUT2D eigenvalue weighted by atomic mass is 16.3. The third-order valence-electron chi connectivity index (χ3n) is 5.25. The molecule has 1 aromatic heterocycles. The van der Waals surface area contributed by atoms with E-state index in [1.807, 2.05) is 47.4 Å². The van der Waals surface area contributed by atoms with E-state index >= 15 is 0 Å². The van der Waals surface area contributed by atoms with Gasteiger partial charge in [0, 0.05) is 51.1 Å². The monoisotopic (exact) mass is 397 g/mol. The molecule has 1 aromatic carbocycles. The Balaban J connectivity index is 1.38. The molecule has 29 heavy (non-hydrogen) atoms. The van der Waals surface area contributed by atoms with E-state index in [-0.39, 0.29) is 11.8 Å². The maximum absolute atomic E-state index is 12.5. The van der Waals surface area contributed by atoms with E-state index < -0.39 is 0 Å².